The third-order valence-electron chi connectivity index (χ3n) is 3.87. The Morgan fingerprint density at radius 3 is 2.80 bits per heavy atom. The lowest BCUT2D eigenvalue weighted by Crippen LogP contribution is -2.44. The smallest absolute Gasteiger partial charge is 0.238 e. The number of piperidine rings is 1. The fourth-order valence-corrected chi connectivity index (χ4v) is 2.61. The average molecular weight is 276 g/mol. The van der Waals surface area contributed by atoms with Crippen molar-refractivity contribution >= 4 is 17.3 Å². The lowest BCUT2D eigenvalue weighted by molar-refractivity contribution is -0.117. The van der Waals surface area contributed by atoms with E-state index in [1.807, 2.05) is 19.2 Å². The van der Waals surface area contributed by atoms with Crippen molar-refractivity contribution < 1.29 is 4.79 Å². The topological polar surface area (TPSA) is 61.6 Å². The maximum absolute atomic E-state index is 12.0. The zero-order valence-corrected chi connectivity index (χ0v) is 12.3. The molecule has 1 aliphatic rings. The van der Waals surface area contributed by atoms with E-state index in [0.717, 1.165) is 31.6 Å². The number of nitrogen functional groups attached to an aromatic ring is 1. The molecule has 0 spiro atoms. The molecule has 1 aliphatic heterocycles. The third kappa shape index (κ3) is 4.21. The Morgan fingerprint density at radius 1 is 1.45 bits per heavy atom. The number of nitrogens with one attached hydrogen (secondary N) is 1. The minimum atomic E-state index is 0.0111. The highest BCUT2D eigenvalue weighted by molar-refractivity contribution is 5.92. The minimum Gasteiger partial charge on any atom is -0.399 e. The summed E-state index contributed by atoms with van der Waals surface area (Å²) in [6, 6.07) is 7.77. The lowest BCUT2D eigenvalue weighted by atomic mass is 10.0. The first-order valence-electron chi connectivity index (χ1n) is 7.09. The molecule has 1 amide bonds. The molecule has 3 N–H and O–H groups in total. The molecule has 20 heavy (non-hydrogen) atoms. The van der Waals surface area contributed by atoms with Gasteiger partial charge in [-0.05, 0) is 58.2 Å². The predicted octanol–water partition coefficient (Wildman–Crippen LogP) is 1.23. The van der Waals surface area contributed by atoms with Gasteiger partial charge >= 0.3 is 0 Å². The molecular weight excluding hydrogens is 252 g/mol. The number of carbonyl (C=O) groups is 1. The summed E-state index contributed by atoms with van der Waals surface area (Å²) in [6.45, 7) is 2.63. The molecule has 1 heterocycles. The fourth-order valence-electron chi connectivity index (χ4n) is 2.61. The van der Waals surface area contributed by atoms with Gasteiger partial charge < -0.3 is 16.0 Å². The number of rotatable bonds is 4. The molecule has 1 aromatic carbocycles. The zero-order valence-electron chi connectivity index (χ0n) is 12.3. The normalized spacial score (nSPS) is 17.4. The van der Waals surface area contributed by atoms with Crippen LogP contribution in [0.1, 0.15) is 12.8 Å². The number of carbonyl (C=O) groups excluding carboxylic acids is 1. The van der Waals surface area contributed by atoms with Crippen molar-refractivity contribution in [2.45, 2.75) is 18.9 Å². The first kappa shape index (κ1) is 14.8. The van der Waals surface area contributed by atoms with Gasteiger partial charge in [0.1, 0.15) is 0 Å². The molecule has 5 nitrogen and oxygen atoms in total. The van der Waals surface area contributed by atoms with Crippen LogP contribution in [0.4, 0.5) is 11.4 Å². The summed E-state index contributed by atoms with van der Waals surface area (Å²) < 4.78 is 0. The molecule has 0 atom stereocenters. The number of likely N-dealkylation sites (tertiary alicyclic amines) is 1. The van der Waals surface area contributed by atoms with E-state index in [0.29, 0.717) is 18.3 Å². The van der Waals surface area contributed by atoms with Gasteiger partial charge in [0.25, 0.3) is 0 Å². The first-order valence-corrected chi connectivity index (χ1v) is 7.09. The summed E-state index contributed by atoms with van der Waals surface area (Å²) in [7, 11) is 4.16. The molecule has 0 aliphatic carbocycles. The maximum atomic E-state index is 12.0. The van der Waals surface area contributed by atoms with Crippen LogP contribution < -0.4 is 11.1 Å². The second kappa shape index (κ2) is 6.72. The summed E-state index contributed by atoms with van der Waals surface area (Å²) in [4.78, 5) is 16.5. The van der Waals surface area contributed by atoms with Crippen molar-refractivity contribution in [1.29, 1.82) is 0 Å². The number of hydrogen-bond acceptors (Lipinski definition) is 4. The van der Waals surface area contributed by atoms with Crippen molar-refractivity contribution in [1.82, 2.24) is 9.80 Å². The van der Waals surface area contributed by atoms with Gasteiger partial charge in [-0.25, -0.2) is 0 Å². The predicted molar refractivity (Wildman–Crippen MR) is 82.6 cm³/mol. The van der Waals surface area contributed by atoms with Gasteiger partial charge in [-0.1, -0.05) is 6.07 Å². The molecule has 0 unspecified atom stereocenters. The summed E-state index contributed by atoms with van der Waals surface area (Å²) in [5.41, 5.74) is 7.11. The third-order valence-corrected chi connectivity index (χ3v) is 3.87. The van der Waals surface area contributed by atoms with Gasteiger partial charge in [0.05, 0.1) is 6.54 Å². The van der Waals surface area contributed by atoms with Gasteiger partial charge in [0, 0.05) is 17.4 Å². The SMILES string of the molecule is CN1CCC(N(C)CC(=O)Nc2cccc(N)c2)CC1. The highest BCUT2D eigenvalue weighted by atomic mass is 16.2. The Hall–Kier alpha value is -1.59. The molecule has 5 heteroatoms. The molecule has 0 saturated carbocycles. The monoisotopic (exact) mass is 276 g/mol. The van der Waals surface area contributed by atoms with E-state index in [9.17, 15) is 4.79 Å². The summed E-state index contributed by atoms with van der Waals surface area (Å²) >= 11 is 0. The van der Waals surface area contributed by atoms with E-state index in [-0.39, 0.29) is 5.91 Å². The molecule has 0 aromatic heterocycles. The van der Waals surface area contributed by atoms with Gasteiger partial charge in [-0.2, -0.15) is 0 Å². The van der Waals surface area contributed by atoms with Crippen molar-refractivity contribution in [3.63, 3.8) is 0 Å². The second-order valence-corrected chi connectivity index (χ2v) is 5.62. The molecule has 0 bridgehead atoms. The number of benzene rings is 1. The molecule has 1 aromatic rings. The molecule has 1 saturated heterocycles. The lowest BCUT2D eigenvalue weighted by Gasteiger charge is -2.34. The highest BCUT2D eigenvalue weighted by Crippen LogP contribution is 2.15. The molecule has 0 radical (unpaired) electrons. The van der Waals surface area contributed by atoms with E-state index in [1.54, 1.807) is 12.1 Å². The van der Waals surface area contributed by atoms with E-state index >= 15 is 0 Å². The van der Waals surface area contributed by atoms with Crippen molar-refractivity contribution in [3.8, 4) is 0 Å². The Morgan fingerprint density at radius 2 is 2.15 bits per heavy atom. The maximum Gasteiger partial charge on any atom is 0.238 e. The zero-order chi connectivity index (χ0) is 14.5. The van der Waals surface area contributed by atoms with Gasteiger partial charge in [0.15, 0.2) is 0 Å². The molecular formula is C15H24N4O. The highest BCUT2D eigenvalue weighted by Gasteiger charge is 2.21. The van der Waals surface area contributed by atoms with Crippen LogP contribution >= 0.6 is 0 Å². The van der Waals surface area contributed by atoms with Crippen molar-refractivity contribution in [2.24, 2.45) is 0 Å². The van der Waals surface area contributed by atoms with Crippen LogP contribution in [0.5, 0.6) is 0 Å². The number of nitrogens with two attached hydrogens (primary N) is 1. The fraction of sp³-hybridized carbons (Fsp3) is 0.533. The Balaban J connectivity index is 1.82. The first-order chi connectivity index (χ1) is 9.54. The standard InChI is InChI=1S/C15H24N4O/c1-18-8-6-14(7-9-18)19(2)11-15(20)17-13-5-3-4-12(16)10-13/h3-5,10,14H,6-9,11,16H2,1-2H3,(H,17,20). The summed E-state index contributed by atoms with van der Waals surface area (Å²) in [6.07, 6.45) is 2.25. The number of amides is 1. The number of likely N-dealkylation sites (N-methyl/N-ethyl adjacent to an activating group) is 1. The molecule has 110 valence electrons. The minimum absolute atomic E-state index is 0.0111. The second-order valence-electron chi connectivity index (χ2n) is 5.62. The van der Waals surface area contributed by atoms with Crippen LogP contribution in [0.15, 0.2) is 24.3 Å². The molecule has 2 rings (SSSR count). The van der Waals surface area contributed by atoms with Crippen molar-refractivity contribution in [2.75, 3.05) is 44.8 Å². The largest absolute Gasteiger partial charge is 0.399 e. The van der Waals surface area contributed by atoms with Crippen LogP contribution in [-0.4, -0.2) is 55.5 Å². The Kier molecular flexibility index (Phi) is 4.98. The number of hydrogen-bond donors (Lipinski definition) is 2. The van der Waals surface area contributed by atoms with Crippen LogP contribution in [-0.2, 0) is 4.79 Å². The average Bonchev–Trinajstić information content (AvgIpc) is 2.39. The van der Waals surface area contributed by atoms with Gasteiger partial charge in [0.2, 0.25) is 5.91 Å². The summed E-state index contributed by atoms with van der Waals surface area (Å²) in [5, 5.41) is 2.89. The van der Waals surface area contributed by atoms with E-state index in [1.165, 1.54) is 0 Å². The van der Waals surface area contributed by atoms with Gasteiger partial charge in [-0.15, -0.1) is 0 Å². The van der Waals surface area contributed by atoms with Crippen LogP contribution in [0.3, 0.4) is 0 Å². The quantitative estimate of drug-likeness (QED) is 0.812. The van der Waals surface area contributed by atoms with Crippen LogP contribution in [0.2, 0.25) is 0 Å². The summed E-state index contributed by atoms with van der Waals surface area (Å²) in [5.74, 6) is 0.0111. The number of anilines is 2. The van der Waals surface area contributed by atoms with Crippen LogP contribution in [0, 0.1) is 0 Å². The van der Waals surface area contributed by atoms with E-state index in [2.05, 4.69) is 22.2 Å². The van der Waals surface area contributed by atoms with E-state index in [4.69, 9.17) is 5.73 Å². The van der Waals surface area contributed by atoms with E-state index < -0.39 is 0 Å². The molecule has 1 fully saturated rings. The number of nitrogens with zero attached hydrogens (tertiary/aromatic N) is 2. The Bertz CT molecular complexity index is 455. The van der Waals surface area contributed by atoms with Gasteiger partial charge in [-0.3, -0.25) is 9.69 Å². The Labute approximate surface area is 120 Å². The van der Waals surface area contributed by atoms with Crippen LogP contribution in [0.25, 0.3) is 0 Å². The van der Waals surface area contributed by atoms with Crippen molar-refractivity contribution in [3.05, 3.63) is 24.3 Å².